The summed E-state index contributed by atoms with van der Waals surface area (Å²) in [6, 6.07) is 8.95. The molecule has 0 aliphatic heterocycles. The van der Waals surface area contributed by atoms with Gasteiger partial charge in [-0.15, -0.1) is 0 Å². The number of rotatable bonds is 3. The van der Waals surface area contributed by atoms with E-state index in [0.717, 1.165) is 18.2 Å². The lowest BCUT2D eigenvalue weighted by molar-refractivity contribution is -0.111. The maximum absolute atomic E-state index is 13.3. The standard InChI is InChI=1S/C15H10F3NO/c16-12-4-2-1-3-10(12)5-8-15(20)19-11-6-7-13(17)14(18)9-11/h1-9H,(H,19,20). The van der Waals surface area contributed by atoms with E-state index < -0.39 is 23.4 Å². The Morgan fingerprint density at radius 3 is 2.40 bits per heavy atom. The Kier molecular flexibility index (Phi) is 4.20. The maximum Gasteiger partial charge on any atom is 0.248 e. The molecule has 5 heteroatoms. The van der Waals surface area contributed by atoms with Crippen molar-refractivity contribution in [1.82, 2.24) is 0 Å². The highest BCUT2D eigenvalue weighted by atomic mass is 19.2. The first-order valence-electron chi connectivity index (χ1n) is 5.75. The molecule has 2 aromatic rings. The molecule has 2 aromatic carbocycles. The molecule has 1 N–H and O–H groups in total. The third-order valence-electron chi connectivity index (χ3n) is 2.51. The van der Waals surface area contributed by atoms with Crippen molar-refractivity contribution in [2.75, 3.05) is 5.32 Å². The van der Waals surface area contributed by atoms with Crippen LogP contribution in [0.25, 0.3) is 6.08 Å². The predicted molar refractivity (Wildman–Crippen MR) is 70.4 cm³/mol. The summed E-state index contributed by atoms with van der Waals surface area (Å²) in [7, 11) is 0. The van der Waals surface area contributed by atoms with Gasteiger partial charge in [0.15, 0.2) is 11.6 Å². The second-order valence-corrected chi connectivity index (χ2v) is 3.97. The topological polar surface area (TPSA) is 29.1 Å². The quantitative estimate of drug-likeness (QED) is 0.850. The Labute approximate surface area is 113 Å². The minimum atomic E-state index is -1.05. The molecule has 0 aromatic heterocycles. The molecule has 0 bridgehead atoms. The van der Waals surface area contributed by atoms with Gasteiger partial charge in [0.2, 0.25) is 5.91 Å². The van der Waals surface area contributed by atoms with Gasteiger partial charge in [-0.2, -0.15) is 0 Å². The lowest BCUT2D eigenvalue weighted by Crippen LogP contribution is -2.08. The molecular formula is C15H10F3NO. The van der Waals surface area contributed by atoms with Crippen LogP contribution < -0.4 is 5.32 Å². The van der Waals surface area contributed by atoms with Gasteiger partial charge in [0, 0.05) is 23.4 Å². The molecule has 0 aliphatic carbocycles. The average molecular weight is 277 g/mol. The SMILES string of the molecule is O=C(C=Cc1ccccc1F)Nc1ccc(F)c(F)c1. The van der Waals surface area contributed by atoms with Gasteiger partial charge in [-0.3, -0.25) is 4.79 Å². The van der Waals surface area contributed by atoms with Crippen LogP contribution in [-0.2, 0) is 4.79 Å². The number of carbonyl (C=O) groups excluding carboxylic acids is 1. The average Bonchev–Trinajstić information content (AvgIpc) is 2.42. The van der Waals surface area contributed by atoms with Crippen LogP contribution in [0.1, 0.15) is 5.56 Å². The molecule has 0 radical (unpaired) electrons. The number of hydrogen-bond donors (Lipinski definition) is 1. The minimum Gasteiger partial charge on any atom is -0.322 e. The van der Waals surface area contributed by atoms with Crippen LogP contribution in [0.3, 0.4) is 0 Å². The molecule has 0 saturated heterocycles. The van der Waals surface area contributed by atoms with E-state index in [1.807, 2.05) is 0 Å². The Bertz CT molecular complexity index is 668. The van der Waals surface area contributed by atoms with E-state index in [-0.39, 0.29) is 11.3 Å². The molecule has 2 rings (SSSR count). The number of halogens is 3. The van der Waals surface area contributed by atoms with Gasteiger partial charge in [0.1, 0.15) is 5.82 Å². The molecule has 102 valence electrons. The van der Waals surface area contributed by atoms with Crippen LogP contribution in [0, 0.1) is 17.5 Å². The maximum atomic E-state index is 13.3. The Hall–Kier alpha value is -2.56. The number of benzene rings is 2. The van der Waals surface area contributed by atoms with Gasteiger partial charge in [0.05, 0.1) is 0 Å². The Balaban J connectivity index is 2.06. The van der Waals surface area contributed by atoms with E-state index in [0.29, 0.717) is 0 Å². The van der Waals surface area contributed by atoms with Gasteiger partial charge >= 0.3 is 0 Å². The zero-order valence-corrected chi connectivity index (χ0v) is 10.2. The van der Waals surface area contributed by atoms with Crippen LogP contribution >= 0.6 is 0 Å². The Morgan fingerprint density at radius 1 is 0.950 bits per heavy atom. The van der Waals surface area contributed by atoms with Crippen molar-refractivity contribution in [2.24, 2.45) is 0 Å². The molecule has 20 heavy (non-hydrogen) atoms. The third kappa shape index (κ3) is 3.47. The van der Waals surface area contributed by atoms with Gasteiger partial charge in [0.25, 0.3) is 0 Å². The molecule has 0 aliphatic rings. The fourth-order valence-corrected chi connectivity index (χ4v) is 1.53. The fourth-order valence-electron chi connectivity index (χ4n) is 1.53. The summed E-state index contributed by atoms with van der Waals surface area (Å²) < 4.78 is 38.9. The van der Waals surface area contributed by atoms with Crippen LogP contribution in [0.2, 0.25) is 0 Å². The van der Waals surface area contributed by atoms with Crippen molar-refractivity contribution in [2.45, 2.75) is 0 Å². The smallest absolute Gasteiger partial charge is 0.248 e. The summed E-state index contributed by atoms with van der Waals surface area (Å²) in [5, 5.41) is 2.34. The summed E-state index contributed by atoms with van der Waals surface area (Å²) in [4.78, 5) is 11.6. The lowest BCUT2D eigenvalue weighted by Gasteiger charge is -2.02. The summed E-state index contributed by atoms with van der Waals surface area (Å²) in [6.45, 7) is 0. The molecule has 0 atom stereocenters. The van der Waals surface area contributed by atoms with Crippen molar-refractivity contribution in [1.29, 1.82) is 0 Å². The molecule has 2 nitrogen and oxygen atoms in total. The largest absolute Gasteiger partial charge is 0.322 e. The summed E-state index contributed by atoms with van der Waals surface area (Å²) in [5.41, 5.74) is 0.375. The van der Waals surface area contributed by atoms with E-state index in [2.05, 4.69) is 5.32 Å². The second kappa shape index (κ2) is 6.06. The fraction of sp³-hybridized carbons (Fsp3) is 0. The molecule has 0 unspecified atom stereocenters. The number of carbonyl (C=O) groups is 1. The first-order valence-corrected chi connectivity index (χ1v) is 5.75. The highest BCUT2D eigenvalue weighted by molar-refractivity contribution is 6.01. The van der Waals surface area contributed by atoms with Crippen LogP contribution in [0.15, 0.2) is 48.5 Å². The minimum absolute atomic E-state index is 0.118. The normalized spacial score (nSPS) is 10.8. The Morgan fingerprint density at radius 2 is 1.70 bits per heavy atom. The third-order valence-corrected chi connectivity index (χ3v) is 2.51. The van der Waals surface area contributed by atoms with Crippen molar-refractivity contribution in [3.63, 3.8) is 0 Å². The lowest BCUT2D eigenvalue weighted by atomic mass is 10.2. The zero-order valence-electron chi connectivity index (χ0n) is 10.2. The number of amides is 1. The molecular weight excluding hydrogens is 267 g/mol. The first-order chi connectivity index (χ1) is 9.56. The first kappa shape index (κ1) is 13.9. The van der Waals surface area contributed by atoms with Crippen LogP contribution in [0.4, 0.5) is 18.9 Å². The summed E-state index contributed by atoms with van der Waals surface area (Å²) in [6.07, 6.45) is 2.41. The zero-order chi connectivity index (χ0) is 14.5. The summed E-state index contributed by atoms with van der Waals surface area (Å²) >= 11 is 0. The number of anilines is 1. The van der Waals surface area contributed by atoms with E-state index in [9.17, 15) is 18.0 Å². The van der Waals surface area contributed by atoms with Crippen LogP contribution in [0.5, 0.6) is 0 Å². The number of nitrogens with one attached hydrogen (secondary N) is 1. The summed E-state index contributed by atoms with van der Waals surface area (Å²) in [5.74, 6) is -3.07. The van der Waals surface area contributed by atoms with E-state index in [1.165, 1.54) is 30.3 Å². The van der Waals surface area contributed by atoms with Crippen molar-refractivity contribution < 1.29 is 18.0 Å². The predicted octanol–water partition coefficient (Wildman–Crippen LogP) is 3.76. The molecule has 0 fully saturated rings. The van der Waals surface area contributed by atoms with Gasteiger partial charge in [-0.1, -0.05) is 18.2 Å². The molecule has 0 spiro atoms. The van der Waals surface area contributed by atoms with Gasteiger partial charge in [-0.05, 0) is 24.3 Å². The molecule has 0 heterocycles. The van der Waals surface area contributed by atoms with Crippen molar-refractivity contribution in [3.8, 4) is 0 Å². The number of hydrogen-bond acceptors (Lipinski definition) is 1. The van der Waals surface area contributed by atoms with Gasteiger partial charge in [-0.25, -0.2) is 13.2 Å². The molecule has 0 saturated carbocycles. The van der Waals surface area contributed by atoms with E-state index in [1.54, 1.807) is 6.07 Å². The highest BCUT2D eigenvalue weighted by Crippen LogP contribution is 2.13. The van der Waals surface area contributed by atoms with Crippen LogP contribution in [-0.4, -0.2) is 5.91 Å². The highest BCUT2D eigenvalue weighted by Gasteiger charge is 2.04. The molecule has 1 amide bonds. The van der Waals surface area contributed by atoms with Gasteiger partial charge < -0.3 is 5.32 Å². The van der Waals surface area contributed by atoms with Crippen molar-refractivity contribution >= 4 is 17.7 Å². The monoisotopic (exact) mass is 277 g/mol. The van der Waals surface area contributed by atoms with Crippen molar-refractivity contribution in [3.05, 3.63) is 71.6 Å². The van der Waals surface area contributed by atoms with E-state index in [4.69, 9.17) is 0 Å². The van der Waals surface area contributed by atoms with E-state index >= 15 is 0 Å². The second-order valence-electron chi connectivity index (χ2n) is 3.97.